The molecule has 0 bridgehead atoms. The summed E-state index contributed by atoms with van der Waals surface area (Å²) in [6, 6.07) is 3.69. The molecular formula is C17H18N4O3. The van der Waals surface area contributed by atoms with Crippen molar-refractivity contribution in [1.82, 2.24) is 19.9 Å². The molecule has 0 unspecified atom stereocenters. The lowest BCUT2D eigenvalue weighted by Crippen LogP contribution is -2.44. The van der Waals surface area contributed by atoms with Crippen molar-refractivity contribution in [3.8, 4) is 5.75 Å². The average Bonchev–Trinajstić information content (AvgIpc) is 3.01. The van der Waals surface area contributed by atoms with Gasteiger partial charge in [0.15, 0.2) is 0 Å². The van der Waals surface area contributed by atoms with E-state index in [9.17, 15) is 4.79 Å². The molecule has 7 nitrogen and oxygen atoms in total. The van der Waals surface area contributed by atoms with Gasteiger partial charge in [-0.2, -0.15) is 0 Å². The van der Waals surface area contributed by atoms with Gasteiger partial charge in [-0.1, -0.05) is 0 Å². The van der Waals surface area contributed by atoms with Gasteiger partial charge < -0.3 is 14.4 Å². The van der Waals surface area contributed by atoms with Crippen molar-refractivity contribution in [3.63, 3.8) is 0 Å². The van der Waals surface area contributed by atoms with Crippen LogP contribution in [-0.4, -0.2) is 57.2 Å². The predicted molar refractivity (Wildman–Crippen MR) is 84.5 cm³/mol. The van der Waals surface area contributed by atoms with Crippen molar-refractivity contribution in [2.24, 2.45) is 0 Å². The van der Waals surface area contributed by atoms with Crippen LogP contribution < -0.4 is 4.74 Å². The standard InChI is InChI=1S/C17H18N4O3/c22-17(13-10-19-6-7-20-13)21-11-15(16-14(21)4-2-8-23-16)24-12-3-1-5-18-9-12/h1,3,5-7,9-10,14-16H,2,4,8,11H2/t14-,15-,16+/m1/s1. The van der Waals surface area contributed by atoms with Crippen LogP contribution >= 0.6 is 0 Å². The van der Waals surface area contributed by atoms with E-state index in [1.54, 1.807) is 18.6 Å². The van der Waals surface area contributed by atoms with E-state index in [1.807, 2.05) is 17.0 Å². The minimum Gasteiger partial charge on any atom is -0.484 e. The van der Waals surface area contributed by atoms with E-state index >= 15 is 0 Å². The summed E-state index contributed by atoms with van der Waals surface area (Å²) in [6.45, 7) is 1.17. The number of aromatic nitrogens is 3. The van der Waals surface area contributed by atoms with Gasteiger partial charge in [0.05, 0.1) is 25.0 Å². The van der Waals surface area contributed by atoms with E-state index in [-0.39, 0.29) is 24.2 Å². The Morgan fingerprint density at radius 3 is 2.96 bits per heavy atom. The van der Waals surface area contributed by atoms with Crippen LogP contribution in [0.25, 0.3) is 0 Å². The van der Waals surface area contributed by atoms with Crippen LogP contribution in [0.3, 0.4) is 0 Å². The molecule has 2 aromatic rings. The number of nitrogens with zero attached hydrogens (tertiary/aromatic N) is 4. The number of pyridine rings is 1. The van der Waals surface area contributed by atoms with Crippen LogP contribution in [0, 0.1) is 0 Å². The van der Waals surface area contributed by atoms with E-state index < -0.39 is 0 Å². The van der Waals surface area contributed by atoms with Crippen LogP contribution in [-0.2, 0) is 4.74 Å². The first-order valence-electron chi connectivity index (χ1n) is 8.08. The number of carbonyl (C=O) groups excluding carboxylic acids is 1. The van der Waals surface area contributed by atoms with Crippen LogP contribution in [0.15, 0.2) is 43.1 Å². The summed E-state index contributed by atoms with van der Waals surface area (Å²) in [7, 11) is 0. The number of carbonyl (C=O) groups is 1. The minimum absolute atomic E-state index is 0.00919. The highest BCUT2D eigenvalue weighted by atomic mass is 16.5. The third-order valence-electron chi connectivity index (χ3n) is 4.44. The molecule has 0 aromatic carbocycles. The van der Waals surface area contributed by atoms with Crippen molar-refractivity contribution in [1.29, 1.82) is 0 Å². The summed E-state index contributed by atoms with van der Waals surface area (Å²) < 4.78 is 12.0. The lowest BCUT2D eigenvalue weighted by atomic mass is 10.0. The molecular weight excluding hydrogens is 308 g/mol. The summed E-state index contributed by atoms with van der Waals surface area (Å²) in [5, 5.41) is 0. The smallest absolute Gasteiger partial charge is 0.274 e. The zero-order valence-electron chi connectivity index (χ0n) is 13.1. The van der Waals surface area contributed by atoms with Gasteiger partial charge in [0.25, 0.3) is 5.91 Å². The highest BCUT2D eigenvalue weighted by molar-refractivity contribution is 5.92. The second-order valence-electron chi connectivity index (χ2n) is 5.94. The van der Waals surface area contributed by atoms with Crippen LogP contribution in [0.4, 0.5) is 0 Å². The predicted octanol–water partition coefficient (Wildman–Crippen LogP) is 1.32. The zero-order valence-corrected chi connectivity index (χ0v) is 13.1. The topological polar surface area (TPSA) is 77.4 Å². The van der Waals surface area contributed by atoms with Crippen molar-refractivity contribution in [3.05, 3.63) is 48.8 Å². The molecule has 124 valence electrons. The molecule has 1 amide bonds. The third-order valence-corrected chi connectivity index (χ3v) is 4.44. The van der Waals surface area contributed by atoms with Crippen LogP contribution in [0.1, 0.15) is 23.3 Å². The highest BCUT2D eigenvalue weighted by Gasteiger charge is 2.47. The molecule has 2 aliphatic heterocycles. The Morgan fingerprint density at radius 1 is 1.25 bits per heavy atom. The van der Waals surface area contributed by atoms with Gasteiger partial charge in [-0.05, 0) is 25.0 Å². The number of fused-ring (bicyclic) bond motifs is 1. The van der Waals surface area contributed by atoms with Gasteiger partial charge in [-0.3, -0.25) is 14.8 Å². The molecule has 2 fully saturated rings. The normalized spacial score (nSPS) is 26.0. The van der Waals surface area contributed by atoms with E-state index in [4.69, 9.17) is 9.47 Å². The third kappa shape index (κ3) is 2.82. The summed E-state index contributed by atoms with van der Waals surface area (Å²) in [6.07, 6.45) is 9.46. The van der Waals surface area contributed by atoms with Gasteiger partial charge in [0.1, 0.15) is 23.7 Å². The second kappa shape index (κ2) is 6.52. The molecule has 0 spiro atoms. The molecule has 2 aliphatic rings. The maximum absolute atomic E-state index is 12.8. The monoisotopic (exact) mass is 326 g/mol. The van der Waals surface area contributed by atoms with Crippen LogP contribution in [0.2, 0.25) is 0 Å². The Bertz CT molecular complexity index is 697. The lowest BCUT2D eigenvalue weighted by Gasteiger charge is -2.31. The Labute approximate surface area is 139 Å². The zero-order chi connectivity index (χ0) is 16.4. The largest absolute Gasteiger partial charge is 0.484 e. The summed E-state index contributed by atoms with van der Waals surface area (Å²) in [4.78, 5) is 26.8. The number of ether oxygens (including phenoxy) is 2. The minimum atomic E-state index is -0.208. The molecule has 3 atom stereocenters. The molecule has 24 heavy (non-hydrogen) atoms. The van der Waals surface area contributed by atoms with Crippen molar-refractivity contribution >= 4 is 5.91 Å². The maximum Gasteiger partial charge on any atom is 0.274 e. The lowest BCUT2D eigenvalue weighted by molar-refractivity contribution is -0.0447. The Balaban J connectivity index is 1.56. The molecule has 0 aliphatic carbocycles. The van der Waals surface area contributed by atoms with Gasteiger partial charge in [-0.25, -0.2) is 4.98 Å². The number of hydrogen-bond donors (Lipinski definition) is 0. The van der Waals surface area contributed by atoms with Gasteiger partial charge in [-0.15, -0.1) is 0 Å². The Morgan fingerprint density at radius 2 is 2.17 bits per heavy atom. The van der Waals surface area contributed by atoms with E-state index in [2.05, 4.69) is 15.0 Å². The van der Waals surface area contributed by atoms with Gasteiger partial charge >= 0.3 is 0 Å². The van der Waals surface area contributed by atoms with Crippen molar-refractivity contribution in [2.45, 2.75) is 31.1 Å². The van der Waals surface area contributed by atoms with Gasteiger partial charge in [0, 0.05) is 25.2 Å². The Hall–Kier alpha value is -2.54. The number of rotatable bonds is 3. The molecule has 2 saturated heterocycles. The first-order valence-corrected chi connectivity index (χ1v) is 8.08. The number of likely N-dealkylation sites (tertiary alicyclic amines) is 1. The maximum atomic E-state index is 12.8. The molecule has 7 heteroatoms. The molecule has 4 rings (SSSR count). The van der Waals surface area contributed by atoms with E-state index in [0.717, 1.165) is 12.8 Å². The molecule has 0 saturated carbocycles. The van der Waals surface area contributed by atoms with Crippen LogP contribution in [0.5, 0.6) is 5.75 Å². The average molecular weight is 326 g/mol. The fourth-order valence-electron chi connectivity index (χ4n) is 3.39. The number of hydrogen-bond acceptors (Lipinski definition) is 6. The number of amides is 1. The molecule has 2 aromatic heterocycles. The molecule has 0 radical (unpaired) electrons. The fraction of sp³-hybridized carbons (Fsp3) is 0.412. The van der Waals surface area contributed by atoms with Crippen molar-refractivity contribution < 1.29 is 14.3 Å². The SMILES string of the molecule is O=C(c1cnccn1)N1C[C@@H](Oc2cccnc2)[C@H]2OCCC[C@H]21. The molecule has 0 N–H and O–H groups in total. The molecule has 4 heterocycles. The first kappa shape index (κ1) is 15.0. The summed E-state index contributed by atoms with van der Waals surface area (Å²) >= 11 is 0. The second-order valence-corrected chi connectivity index (χ2v) is 5.94. The summed E-state index contributed by atoms with van der Waals surface area (Å²) in [5.74, 6) is 0.560. The van der Waals surface area contributed by atoms with Crippen molar-refractivity contribution in [2.75, 3.05) is 13.2 Å². The highest BCUT2D eigenvalue weighted by Crippen LogP contribution is 2.32. The quantitative estimate of drug-likeness (QED) is 0.847. The summed E-state index contributed by atoms with van der Waals surface area (Å²) in [5.41, 5.74) is 0.351. The van der Waals surface area contributed by atoms with Gasteiger partial charge in [0.2, 0.25) is 0 Å². The first-order chi connectivity index (χ1) is 11.8. The van der Waals surface area contributed by atoms with E-state index in [1.165, 1.54) is 12.4 Å². The van der Waals surface area contributed by atoms with E-state index in [0.29, 0.717) is 24.6 Å². The fourth-order valence-corrected chi connectivity index (χ4v) is 3.39. The Kier molecular flexibility index (Phi) is 4.08.